The second kappa shape index (κ2) is 6.20. The minimum absolute atomic E-state index is 0.752. The zero-order valence-electron chi connectivity index (χ0n) is 13.7. The van der Waals surface area contributed by atoms with Gasteiger partial charge < -0.3 is 9.80 Å². The Hall–Kier alpha value is -1.32. The molecule has 2 unspecified atom stereocenters. The van der Waals surface area contributed by atoms with Crippen molar-refractivity contribution in [1.29, 1.82) is 0 Å². The summed E-state index contributed by atoms with van der Waals surface area (Å²) in [6, 6.07) is 0. The second-order valence-corrected chi connectivity index (χ2v) is 7.06. The topological polar surface area (TPSA) is 32.3 Å². The van der Waals surface area contributed by atoms with Gasteiger partial charge in [0.15, 0.2) is 0 Å². The average molecular weight is 288 g/mol. The fourth-order valence-corrected chi connectivity index (χ4v) is 3.65. The highest BCUT2D eigenvalue weighted by atomic mass is 15.3. The molecule has 4 heteroatoms. The van der Waals surface area contributed by atoms with Crippen molar-refractivity contribution < 1.29 is 0 Å². The largest absolute Gasteiger partial charge is 0.356 e. The molecule has 1 aromatic heterocycles. The molecule has 0 bridgehead atoms. The number of aryl methyl sites for hydroxylation is 1. The quantitative estimate of drug-likeness (QED) is 0.836. The van der Waals surface area contributed by atoms with Crippen molar-refractivity contribution in [3.05, 3.63) is 11.8 Å². The first-order valence-electron chi connectivity index (χ1n) is 8.47. The van der Waals surface area contributed by atoms with Crippen LogP contribution < -0.4 is 9.80 Å². The minimum atomic E-state index is 0.752. The van der Waals surface area contributed by atoms with Crippen LogP contribution in [0.25, 0.3) is 0 Å². The van der Waals surface area contributed by atoms with Gasteiger partial charge in [0, 0.05) is 37.9 Å². The molecule has 21 heavy (non-hydrogen) atoms. The molecule has 2 saturated heterocycles. The summed E-state index contributed by atoms with van der Waals surface area (Å²) in [6.07, 6.45) is 7.22. The van der Waals surface area contributed by atoms with Gasteiger partial charge in [0.1, 0.15) is 5.82 Å². The molecule has 0 N–H and O–H groups in total. The van der Waals surface area contributed by atoms with E-state index in [-0.39, 0.29) is 0 Å². The lowest BCUT2D eigenvalue weighted by Crippen LogP contribution is -2.38. The van der Waals surface area contributed by atoms with Gasteiger partial charge in [0.05, 0.1) is 0 Å². The third-order valence-corrected chi connectivity index (χ3v) is 4.83. The molecule has 3 heterocycles. The number of rotatable bonds is 2. The number of hydrogen-bond donors (Lipinski definition) is 0. The van der Waals surface area contributed by atoms with E-state index in [1.165, 1.54) is 31.2 Å². The number of hydrogen-bond acceptors (Lipinski definition) is 4. The van der Waals surface area contributed by atoms with Gasteiger partial charge in [0.2, 0.25) is 5.95 Å². The van der Waals surface area contributed by atoms with Crippen molar-refractivity contribution in [2.75, 3.05) is 36.0 Å². The van der Waals surface area contributed by atoms with Crippen LogP contribution in [0.2, 0.25) is 0 Å². The zero-order valence-corrected chi connectivity index (χ0v) is 13.7. The van der Waals surface area contributed by atoms with Crippen LogP contribution in [0.3, 0.4) is 0 Å². The lowest BCUT2D eigenvalue weighted by Gasteiger charge is -2.34. The fraction of sp³-hybridized carbons (Fsp3) is 0.765. The maximum absolute atomic E-state index is 4.93. The van der Waals surface area contributed by atoms with E-state index in [4.69, 9.17) is 4.98 Å². The summed E-state index contributed by atoms with van der Waals surface area (Å²) >= 11 is 0. The number of aromatic nitrogens is 2. The Morgan fingerprint density at radius 1 is 1.00 bits per heavy atom. The van der Waals surface area contributed by atoms with Crippen molar-refractivity contribution >= 4 is 11.8 Å². The van der Waals surface area contributed by atoms with E-state index in [9.17, 15) is 0 Å². The number of anilines is 2. The standard InChI is InChI=1S/C17H28N4/c1-13-6-4-8-20(11-13)16-15(3)10-18-17(19-16)21-9-5-7-14(2)12-21/h10,13-14H,4-9,11-12H2,1-3H3. The normalized spacial score (nSPS) is 27.0. The predicted octanol–water partition coefficient (Wildman–Crippen LogP) is 3.26. The summed E-state index contributed by atoms with van der Waals surface area (Å²) < 4.78 is 0. The Morgan fingerprint density at radius 3 is 2.29 bits per heavy atom. The second-order valence-electron chi connectivity index (χ2n) is 7.06. The van der Waals surface area contributed by atoms with Crippen molar-refractivity contribution in [3.8, 4) is 0 Å². The van der Waals surface area contributed by atoms with Crippen molar-refractivity contribution in [2.24, 2.45) is 11.8 Å². The molecule has 0 radical (unpaired) electrons. The third kappa shape index (κ3) is 3.30. The summed E-state index contributed by atoms with van der Waals surface area (Å²) in [6.45, 7) is 11.3. The zero-order chi connectivity index (χ0) is 14.8. The molecule has 2 aliphatic rings. The van der Waals surface area contributed by atoms with E-state index >= 15 is 0 Å². The van der Waals surface area contributed by atoms with Crippen LogP contribution in [-0.4, -0.2) is 36.1 Å². The summed E-state index contributed by atoms with van der Waals surface area (Å²) in [4.78, 5) is 14.4. The number of piperidine rings is 2. The Kier molecular flexibility index (Phi) is 4.32. The molecule has 0 amide bonds. The van der Waals surface area contributed by atoms with Crippen LogP contribution in [0.15, 0.2) is 6.20 Å². The highest BCUT2D eigenvalue weighted by Gasteiger charge is 2.23. The predicted molar refractivity (Wildman–Crippen MR) is 88.0 cm³/mol. The average Bonchev–Trinajstić information content (AvgIpc) is 2.47. The van der Waals surface area contributed by atoms with E-state index < -0.39 is 0 Å². The Bertz CT molecular complexity index is 488. The summed E-state index contributed by atoms with van der Waals surface area (Å²) in [7, 11) is 0. The van der Waals surface area contributed by atoms with E-state index in [1.54, 1.807) is 0 Å². The molecule has 0 aromatic carbocycles. The monoisotopic (exact) mass is 288 g/mol. The van der Waals surface area contributed by atoms with E-state index in [0.717, 1.165) is 49.8 Å². The molecule has 3 rings (SSSR count). The first-order chi connectivity index (χ1) is 10.1. The molecule has 1 aromatic rings. The maximum atomic E-state index is 4.93. The SMILES string of the molecule is Cc1cnc(N2CCCC(C)C2)nc1N1CCCC(C)C1. The first kappa shape index (κ1) is 14.6. The van der Waals surface area contributed by atoms with Crippen molar-refractivity contribution in [2.45, 2.75) is 46.5 Å². The van der Waals surface area contributed by atoms with Gasteiger partial charge in [-0.25, -0.2) is 4.98 Å². The van der Waals surface area contributed by atoms with Gasteiger partial charge in [-0.1, -0.05) is 13.8 Å². The van der Waals surface area contributed by atoms with Crippen LogP contribution in [0.4, 0.5) is 11.8 Å². The lowest BCUT2D eigenvalue weighted by molar-refractivity contribution is 0.437. The van der Waals surface area contributed by atoms with Gasteiger partial charge in [-0.05, 0) is 44.4 Å². The maximum Gasteiger partial charge on any atom is 0.227 e. The smallest absolute Gasteiger partial charge is 0.227 e. The molecular formula is C17H28N4. The number of nitrogens with zero attached hydrogens (tertiary/aromatic N) is 4. The Morgan fingerprint density at radius 2 is 1.62 bits per heavy atom. The Balaban J connectivity index is 1.82. The lowest BCUT2D eigenvalue weighted by atomic mass is 10.00. The highest BCUT2D eigenvalue weighted by molar-refractivity contribution is 5.50. The van der Waals surface area contributed by atoms with Gasteiger partial charge >= 0.3 is 0 Å². The molecule has 2 fully saturated rings. The van der Waals surface area contributed by atoms with Crippen molar-refractivity contribution in [1.82, 2.24) is 9.97 Å². The molecule has 0 aliphatic carbocycles. The Labute approximate surface area is 128 Å². The van der Waals surface area contributed by atoms with Gasteiger partial charge in [-0.2, -0.15) is 4.98 Å². The van der Waals surface area contributed by atoms with Crippen LogP contribution in [0.1, 0.15) is 45.1 Å². The van der Waals surface area contributed by atoms with Gasteiger partial charge in [-0.15, -0.1) is 0 Å². The van der Waals surface area contributed by atoms with Gasteiger partial charge in [-0.3, -0.25) is 0 Å². The molecule has 4 nitrogen and oxygen atoms in total. The molecule has 2 atom stereocenters. The van der Waals surface area contributed by atoms with Crippen molar-refractivity contribution in [3.63, 3.8) is 0 Å². The highest BCUT2D eigenvalue weighted by Crippen LogP contribution is 2.27. The first-order valence-corrected chi connectivity index (χ1v) is 8.47. The van der Waals surface area contributed by atoms with Crippen LogP contribution >= 0.6 is 0 Å². The van der Waals surface area contributed by atoms with Crippen LogP contribution in [-0.2, 0) is 0 Å². The molecule has 2 aliphatic heterocycles. The summed E-state index contributed by atoms with van der Waals surface area (Å²) in [5.41, 5.74) is 1.21. The molecule has 116 valence electrons. The van der Waals surface area contributed by atoms with E-state index in [0.29, 0.717) is 0 Å². The van der Waals surface area contributed by atoms with Crippen LogP contribution in [0.5, 0.6) is 0 Å². The molecule has 0 saturated carbocycles. The summed E-state index contributed by atoms with van der Waals surface area (Å²) in [5.74, 6) is 3.61. The van der Waals surface area contributed by atoms with Gasteiger partial charge in [0.25, 0.3) is 0 Å². The van der Waals surface area contributed by atoms with Crippen LogP contribution in [0, 0.1) is 18.8 Å². The molecular weight excluding hydrogens is 260 g/mol. The third-order valence-electron chi connectivity index (χ3n) is 4.83. The summed E-state index contributed by atoms with van der Waals surface area (Å²) in [5, 5.41) is 0. The van der Waals surface area contributed by atoms with E-state index in [2.05, 4.69) is 35.6 Å². The molecule has 0 spiro atoms. The fourth-order valence-electron chi connectivity index (χ4n) is 3.65. The van der Waals surface area contributed by atoms with E-state index in [1.807, 2.05) is 6.20 Å². The minimum Gasteiger partial charge on any atom is -0.356 e.